The summed E-state index contributed by atoms with van der Waals surface area (Å²) in [5.41, 5.74) is 7.85. The number of halogens is 2. The van der Waals surface area contributed by atoms with E-state index in [0.717, 1.165) is 86.8 Å². The number of unbranched alkanes of at least 4 members (excludes halogenated alkanes) is 14. The van der Waals surface area contributed by atoms with E-state index in [1.807, 2.05) is 0 Å². The van der Waals surface area contributed by atoms with Crippen molar-refractivity contribution in [1.82, 2.24) is 0 Å². The van der Waals surface area contributed by atoms with Crippen molar-refractivity contribution in [2.75, 3.05) is 65.6 Å². The third-order valence-corrected chi connectivity index (χ3v) is 13.8. The Morgan fingerprint density at radius 1 is 0.469 bits per heavy atom. The van der Waals surface area contributed by atoms with Gasteiger partial charge in [-0.15, -0.1) is 0 Å². The van der Waals surface area contributed by atoms with Crippen molar-refractivity contribution in [3.05, 3.63) is 83.0 Å². The van der Waals surface area contributed by atoms with Crippen LogP contribution in [0.1, 0.15) is 180 Å². The van der Waals surface area contributed by atoms with Crippen LogP contribution in [0.15, 0.2) is 71.8 Å². The molecule has 0 saturated carbocycles. The molecule has 0 spiro atoms. The molecule has 0 N–H and O–H groups in total. The Balaban J connectivity index is 0.00000704. The molecule has 2 aromatic carbocycles. The first-order valence-electron chi connectivity index (χ1n) is 25.7. The van der Waals surface area contributed by atoms with Gasteiger partial charge in [-0.2, -0.15) is 0 Å². The van der Waals surface area contributed by atoms with Gasteiger partial charge in [0.15, 0.2) is 13.1 Å². The molecule has 2 aromatic rings. The van der Waals surface area contributed by atoms with Gasteiger partial charge in [0.2, 0.25) is 0 Å². The fraction of sp³-hybridized carbons (Fsp3) is 0.679. The Morgan fingerprint density at radius 3 is 1.11 bits per heavy atom. The van der Waals surface area contributed by atoms with Gasteiger partial charge in [0.25, 0.3) is 0 Å². The topological polar surface area (TPSA) is 52.6 Å². The molecule has 0 amide bonds. The van der Waals surface area contributed by atoms with Crippen molar-refractivity contribution in [3.63, 3.8) is 0 Å². The fourth-order valence-corrected chi connectivity index (χ4v) is 9.78. The average Bonchev–Trinajstić information content (AvgIpc) is 3.28. The zero-order valence-electron chi connectivity index (χ0n) is 41.1. The van der Waals surface area contributed by atoms with Gasteiger partial charge in [0.1, 0.15) is 0 Å². The maximum Gasteiger partial charge on any atom is 0.361 e. The maximum absolute atomic E-state index is 13.0. The van der Waals surface area contributed by atoms with Crippen LogP contribution in [0.2, 0.25) is 0 Å². The summed E-state index contributed by atoms with van der Waals surface area (Å²) in [7, 11) is 0. The molecule has 0 radical (unpaired) electrons. The van der Waals surface area contributed by atoms with Crippen LogP contribution >= 0.6 is 0 Å². The average molecular weight is 926 g/mol. The number of quaternary nitrogens is 2. The minimum Gasteiger partial charge on any atom is -1.00 e. The summed E-state index contributed by atoms with van der Waals surface area (Å²) in [5, 5.41) is 0. The van der Waals surface area contributed by atoms with Crippen LogP contribution in [0.5, 0.6) is 0 Å². The first kappa shape index (κ1) is 57.5. The second kappa shape index (κ2) is 33.8. The van der Waals surface area contributed by atoms with Crippen LogP contribution in [-0.2, 0) is 31.9 Å². The van der Waals surface area contributed by atoms with E-state index in [2.05, 4.69) is 88.4 Å². The molecule has 2 aliphatic heterocycles. The number of carbonyl (C=O) groups is 2. The molecule has 4 rings (SSSR count). The third-order valence-electron chi connectivity index (χ3n) is 13.8. The lowest BCUT2D eigenvalue weighted by molar-refractivity contribution is -0.920. The van der Waals surface area contributed by atoms with Gasteiger partial charge in [0.05, 0.1) is 52.5 Å². The lowest BCUT2D eigenvalue weighted by Crippen LogP contribution is -3.00. The van der Waals surface area contributed by atoms with E-state index in [1.54, 1.807) is 0 Å². The predicted molar refractivity (Wildman–Crippen MR) is 261 cm³/mol. The standard InChI is InChI=1S/C56H90N2O4.2ClH/c1-5-7-9-11-13-15-17-25-43-61-55(59)47-57(37-21-19-22-38-57)41-35-49(3)45-51-27-31-53(32-28-51)54-33-29-52(30-34-54)46-50(4)36-42-58(39-23-20-24-40-58)48-56(60)62-44-26-18-16-14-12-10-8-6-2;;/h27-36H,5-26,37-48H2,1-4H3;2*1H/q+2;;/p-2/b49-35+,50-36+;;. The number of carbonyl (C=O) groups excluding carboxylic acids is 2. The van der Waals surface area contributed by atoms with Gasteiger partial charge in [-0.05, 0) is 112 Å². The number of likely N-dealkylation sites (tertiary alicyclic amines) is 2. The van der Waals surface area contributed by atoms with E-state index in [-0.39, 0.29) is 36.8 Å². The quantitative estimate of drug-likeness (QED) is 0.0337. The molecule has 2 fully saturated rings. The van der Waals surface area contributed by atoms with Gasteiger partial charge >= 0.3 is 11.9 Å². The van der Waals surface area contributed by atoms with Crippen molar-refractivity contribution < 1.29 is 52.8 Å². The number of benzene rings is 2. The fourth-order valence-electron chi connectivity index (χ4n) is 9.78. The van der Waals surface area contributed by atoms with Crippen molar-refractivity contribution in [2.45, 2.75) is 182 Å². The summed E-state index contributed by atoms with van der Waals surface area (Å²) in [5.74, 6) is -0.0317. The number of piperidine rings is 2. The van der Waals surface area contributed by atoms with E-state index in [4.69, 9.17) is 9.47 Å². The number of allylic oxidation sites excluding steroid dienone is 2. The highest BCUT2D eigenvalue weighted by Crippen LogP contribution is 2.25. The molecule has 8 heteroatoms. The third kappa shape index (κ3) is 23.2. The minimum absolute atomic E-state index is 0. The summed E-state index contributed by atoms with van der Waals surface area (Å²) in [4.78, 5) is 26.0. The molecule has 2 aliphatic rings. The lowest BCUT2D eigenvalue weighted by atomic mass is 9.98. The Morgan fingerprint density at radius 2 is 0.781 bits per heavy atom. The van der Waals surface area contributed by atoms with Crippen LogP contribution in [0.3, 0.4) is 0 Å². The number of hydrogen-bond acceptors (Lipinski definition) is 4. The van der Waals surface area contributed by atoms with Crippen LogP contribution in [0, 0.1) is 0 Å². The summed E-state index contributed by atoms with van der Waals surface area (Å²) >= 11 is 0. The predicted octanol–water partition coefficient (Wildman–Crippen LogP) is 7.71. The molecule has 64 heavy (non-hydrogen) atoms. The Bertz CT molecular complexity index is 1470. The van der Waals surface area contributed by atoms with Gasteiger partial charge in [-0.1, -0.05) is 163 Å². The number of ether oxygens (including phenoxy) is 2. The zero-order chi connectivity index (χ0) is 44.1. The first-order valence-corrected chi connectivity index (χ1v) is 25.7. The Labute approximate surface area is 404 Å². The van der Waals surface area contributed by atoms with E-state index < -0.39 is 0 Å². The first-order chi connectivity index (χ1) is 30.2. The normalized spacial score (nSPS) is 16.1. The highest BCUT2D eigenvalue weighted by Gasteiger charge is 2.33. The highest BCUT2D eigenvalue weighted by atomic mass is 35.5. The summed E-state index contributed by atoms with van der Waals surface area (Å²) in [6.45, 7) is 17.2. The van der Waals surface area contributed by atoms with Crippen LogP contribution < -0.4 is 24.8 Å². The second-order valence-electron chi connectivity index (χ2n) is 19.6. The van der Waals surface area contributed by atoms with Gasteiger partial charge in [-0.25, -0.2) is 9.59 Å². The van der Waals surface area contributed by atoms with Crippen LogP contribution in [0.25, 0.3) is 11.1 Å². The van der Waals surface area contributed by atoms with Crippen molar-refractivity contribution in [3.8, 4) is 11.1 Å². The Hall–Kier alpha value is -2.64. The minimum atomic E-state index is -0.0158. The van der Waals surface area contributed by atoms with Crippen LogP contribution in [0.4, 0.5) is 0 Å². The van der Waals surface area contributed by atoms with E-state index in [0.29, 0.717) is 26.3 Å². The summed E-state index contributed by atoms with van der Waals surface area (Å²) in [6, 6.07) is 18.1. The highest BCUT2D eigenvalue weighted by molar-refractivity contribution is 5.71. The summed E-state index contributed by atoms with van der Waals surface area (Å²) in [6.07, 6.45) is 34.0. The molecule has 2 heterocycles. The number of nitrogens with zero attached hydrogens (tertiary/aromatic N) is 2. The zero-order valence-corrected chi connectivity index (χ0v) is 42.6. The molecule has 2 saturated heterocycles. The second-order valence-corrected chi connectivity index (χ2v) is 19.6. The molecule has 0 atom stereocenters. The van der Waals surface area contributed by atoms with E-state index >= 15 is 0 Å². The van der Waals surface area contributed by atoms with Crippen LogP contribution in [-0.4, -0.2) is 86.5 Å². The van der Waals surface area contributed by atoms with Gasteiger partial charge < -0.3 is 43.3 Å². The molecule has 362 valence electrons. The molecular formula is C56H90Cl2N2O4. The lowest BCUT2D eigenvalue weighted by Gasteiger charge is -2.40. The molecule has 0 unspecified atom stereocenters. The Kier molecular flexibility index (Phi) is 30.3. The van der Waals surface area contributed by atoms with E-state index in [9.17, 15) is 9.59 Å². The van der Waals surface area contributed by atoms with Gasteiger partial charge in [0, 0.05) is 0 Å². The number of esters is 2. The molecule has 0 aliphatic carbocycles. The molecule has 0 aromatic heterocycles. The monoisotopic (exact) mass is 925 g/mol. The van der Waals surface area contributed by atoms with Crippen molar-refractivity contribution >= 4 is 11.9 Å². The van der Waals surface area contributed by atoms with E-state index in [1.165, 1.54) is 149 Å². The molecular weight excluding hydrogens is 836 g/mol. The number of rotatable bonds is 31. The summed E-state index contributed by atoms with van der Waals surface area (Å²) < 4.78 is 13.2. The SMILES string of the molecule is CCCCCCCCCCOC(=O)C[N+]1(C/C=C(\C)Cc2ccc(-c3ccc(C/C(C)=C/C[N+]4(CC(=O)OCCCCCCCCCC)CCCCC4)cc3)cc2)CCCCC1.[Cl-].[Cl-]. The maximum atomic E-state index is 13.0. The molecule has 0 bridgehead atoms. The van der Waals surface area contributed by atoms with Gasteiger partial charge in [-0.3, -0.25) is 0 Å². The van der Waals surface area contributed by atoms with Crippen molar-refractivity contribution in [1.29, 1.82) is 0 Å². The molecule has 6 nitrogen and oxygen atoms in total. The smallest absolute Gasteiger partial charge is 0.361 e. The van der Waals surface area contributed by atoms with Crippen molar-refractivity contribution in [2.24, 2.45) is 0 Å². The number of hydrogen-bond donors (Lipinski definition) is 0. The largest absolute Gasteiger partial charge is 1.00 e.